The summed E-state index contributed by atoms with van der Waals surface area (Å²) < 4.78 is 0. The van der Waals surface area contributed by atoms with Gasteiger partial charge in [0, 0.05) is 11.2 Å². The Hall–Kier alpha value is -0.440. The van der Waals surface area contributed by atoms with E-state index >= 15 is 0 Å². The maximum absolute atomic E-state index is 5.54. The second-order valence-corrected chi connectivity index (χ2v) is 16.3. The van der Waals surface area contributed by atoms with Crippen molar-refractivity contribution in [3.8, 4) is 0 Å². The van der Waals surface area contributed by atoms with Crippen LogP contribution in [0.1, 0.15) is 250 Å². The minimum Gasteiger partial charge on any atom is -0.254 e. The van der Waals surface area contributed by atoms with E-state index in [1.54, 1.807) is 0 Å². The molecule has 3 heteroatoms. The van der Waals surface area contributed by atoms with Crippen LogP contribution in [0, 0.1) is 0 Å². The zero-order chi connectivity index (χ0) is 34.0. The quantitative estimate of drug-likeness (QED) is 0.0510. The molecule has 0 saturated carbocycles. The van der Waals surface area contributed by atoms with Gasteiger partial charge in [-0.3, -0.25) is 9.97 Å². The largest absolute Gasteiger partial charge is 0.254 e. The molecular weight excluding hydrogens is 636 g/mol. The Labute approximate surface area is 304 Å². The summed E-state index contributed by atoms with van der Waals surface area (Å²) in [5, 5.41) is 0. The monoisotopic (exact) mass is 719 g/mol. The van der Waals surface area contributed by atoms with Gasteiger partial charge in [-0.25, -0.2) is 0 Å². The summed E-state index contributed by atoms with van der Waals surface area (Å²) in [5.41, 5.74) is 5.39. The molecular formula is C44H83BrN2. The average molecular weight is 720 g/mol. The molecule has 1 unspecified atom stereocenters. The van der Waals surface area contributed by atoms with Crippen LogP contribution in [0.3, 0.4) is 0 Å². The van der Waals surface area contributed by atoms with Crippen LogP contribution in [0.4, 0.5) is 0 Å². The Morgan fingerprint density at radius 3 is 0.936 bits per heavy atom. The molecule has 0 saturated heterocycles. The number of hydrogen-bond acceptors (Lipinski definition) is 2. The van der Waals surface area contributed by atoms with Crippen LogP contribution in [-0.4, -0.2) is 14.8 Å². The lowest BCUT2D eigenvalue weighted by Crippen LogP contribution is -2.14. The second-order valence-electron chi connectivity index (χ2n) is 15.0. The molecule has 0 aliphatic carbocycles. The molecule has 0 radical (unpaired) electrons. The summed E-state index contributed by atoms with van der Waals surface area (Å²) in [6.45, 7) is 9.25. The summed E-state index contributed by atoms with van der Waals surface area (Å²) in [7, 11) is 0. The van der Waals surface area contributed by atoms with E-state index in [9.17, 15) is 0 Å². The molecule has 1 aromatic rings. The van der Waals surface area contributed by atoms with Gasteiger partial charge >= 0.3 is 0 Å². The molecule has 1 aromatic heterocycles. The van der Waals surface area contributed by atoms with E-state index in [1.807, 2.05) is 0 Å². The minimum atomic E-state index is 0.523. The molecule has 0 amide bonds. The lowest BCUT2D eigenvalue weighted by atomic mass is 10.00. The van der Waals surface area contributed by atoms with E-state index in [2.05, 4.69) is 43.6 Å². The lowest BCUT2D eigenvalue weighted by molar-refractivity contribution is 0.559. The van der Waals surface area contributed by atoms with E-state index in [4.69, 9.17) is 9.97 Å². The topological polar surface area (TPSA) is 25.8 Å². The SMILES string of the molecule is CCCCCCCCCCc1nc(CCCCCCCCCC)c(CC(Br)CCCCCCCC)nc1CCCCCCCCCC. The van der Waals surface area contributed by atoms with Gasteiger partial charge in [0.25, 0.3) is 0 Å². The smallest absolute Gasteiger partial charge is 0.0633 e. The first kappa shape index (κ1) is 44.6. The number of unbranched alkanes of at least 4 members (excludes halogenated alkanes) is 26. The highest BCUT2D eigenvalue weighted by Gasteiger charge is 2.17. The summed E-state index contributed by atoms with van der Waals surface area (Å²) in [6.07, 6.45) is 46.9. The maximum Gasteiger partial charge on any atom is 0.0633 e. The molecule has 1 heterocycles. The normalized spacial score (nSPS) is 12.3. The second kappa shape index (κ2) is 34.0. The van der Waals surface area contributed by atoms with Gasteiger partial charge in [0.05, 0.1) is 22.8 Å². The van der Waals surface area contributed by atoms with E-state index in [0.29, 0.717) is 4.83 Å². The first-order valence-electron chi connectivity index (χ1n) is 21.7. The van der Waals surface area contributed by atoms with Gasteiger partial charge in [-0.15, -0.1) is 0 Å². The van der Waals surface area contributed by atoms with Crippen LogP contribution < -0.4 is 0 Å². The van der Waals surface area contributed by atoms with Crippen molar-refractivity contribution in [1.29, 1.82) is 0 Å². The highest BCUT2D eigenvalue weighted by molar-refractivity contribution is 9.09. The van der Waals surface area contributed by atoms with Crippen molar-refractivity contribution in [1.82, 2.24) is 9.97 Å². The number of alkyl halides is 1. The molecule has 2 nitrogen and oxygen atoms in total. The fourth-order valence-electron chi connectivity index (χ4n) is 7.08. The predicted octanol–water partition coefficient (Wildman–Crippen LogP) is 15.6. The number of nitrogens with zero attached hydrogens (tertiary/aromatic N) is 2. The van der Waals surface area contributed by atoms with Crippen molar-refractivity contribution < 1.29 is 0 Å². The maximum atomic E-state index is 5.54. The molecule has 0 aliphatic rings. The van der Waals surface area contributed by atoms with E-state index < -0.39 is 0 Å². The highest BCUT2D eigenvalue weighted by atomic mass is 79.9. The first-order chi connectivity index (χ1) is 23.2. The molecule has 276 valence electrons. The van der Waals surface area contributed by atoms with Gasteiger partial charge in [-0.05, 0) is 44.9 Å². The van der Waals surface area contributed by atoms with Gasteiger partial charge in [-0.1, -0.05) is 217 Å². The third-order valence-electron chi connectivity index (χ3n) is 10.3. The van der Waals surface area contributed by atoms with Gasteiger partial charge in [0.15, 0.2) is 0 Å². The van der Waals surface area contributed by atoms with Gasteiger partial charge < -0.3 is 0 Å². The molecule has 0 N–H and O–H groups in total. The van der Waals surface area contributed by atoms with Crippen LogP contribution >= 0.6 is 15.9 Å². The molecule has 1 atom stereocenters. The molecule has 0 fully saturated rings. The molecule has 0 aliphatic heterocycles. The number of aromatic nitrogens is 2. The van der Waals surface area contributed by atoms with Gasteiger partial charge in [-0.2, -0.15) is 0 Å². The van der Waals surface area contributed by atoms with Crippen molar-refractivity contribution in [2.75, 3.05) is 0 Å². The van der Waals surface area contributed by atoms with Crippen molar-refractivity contribution in [2.24, 2.45) is 0 Å². The Kier molecular flexibility index (Phi) is 32.3. The Morgan fingerprint density at radius 2 is 0.596 bits per heavy atom. The number of rotatable bonds is 36. The summed E-state index contributed by atoms with van der Waals surface area (Å²) >= 11 is 4.11. The standard InChI is InChI=1S/C44H83BrN2/c1-5-9-13-17-21-24-28-32-36-41-42(37-33-29-25-22-18-14-10-6-2)47-44(39-40(45)35-31-27-20-16-12-8-4)43(46-41)38-34-30-26-23-19-15-11-7-3/h40H,5-39H2,1-4H3. The minimum absolute atomic E-state index is 0.523. The predicted molar refractivity (Wildman–Crippen MR) is 215 cm³/mol. The summed E-state index contributed by atoms with van der Waals surface area (Å²) in [5.74, 6) is 0. The fraction of sp³-hybridized carbons (Fsp3) is 0.909. The van der Waals surface area contributed by atoms with Crippen LogP contribution in [0.25, 0.3) is 0 Å². The average Bonchev–Trinajstić information content (AvgIpc) is 3.07. The Balaban J connectivity index is 2.90. The number of halogens is 1. The van der Waals surface area contributed by atoms with E-state index in [1.165, 1.54) is 222 Å². The summed E-state index contributed by atoms with van der Waals surface area (Å²) in [6, 6.07) is 0. The zero-order valence-electron chi connectivity index (χ0n) is 32.6. The van der Waals surface area contributed by atoms with Crippen LogP contribution in [0.5, 0.6) is 0 Å². The summed E-state index contributed by atoms with van der Waals surface area (Å²) in [4.78, 5) is 11.6. The van der Waals surface area contributed by atoms with Crippen LogP contribution in [-0.2, 0) is 25.7 Å². The van der Waals surface area contributed by atoms with Crippen molar-refractivity contribution in [3.05, 3.63) is 22.8 Å². The first-order valence-corrected chi connectivity index (χ1v) is 22.6. The van der Waals surface area contributed by atoms with Crippen molar-refractivity contribution >= 4 is 15.9 Å². The van der Waals surface area contributed by atoms with Gasteiger partial charge in [0.2, 0.25) is 0 Å². The lowest BCUT2D eigenvalue weighted by Gasteiger charge is -2.17. The number of hydrogen-bond donors (Lipinski definition) is 0. The van der Waals surface area contributed by atoms with Crippen LogP contribution in [0.15, 0.2) is 0 Å². The van der Waals surface area contributed by atoms with Crippen molar-refractivity contribution in [3.63, 3.8) is 0 Å². The molecule has 1 rings (SSSR count). The Bertz CT molecular complexity index is 793. The zero-order valence-corrected chi connectivity index (χ0v) is 34.2. The van der Waals surface area contributed by atoms with Crippen molar-refractivity contribution in [2.45, 2.75) is 257 Å². The molecule has 0 aromatic carbocycles. The van der Waals surface area contributed by atoms with E-state index in [0.717, 1.165) is 25.7 Å². The van der Waals surface area contributed by atoms with E-state index in [-0.39, 0.29) is 0 Å². The van der Waals surface area contributed by atoms with Gasteiger partial charge in [0.1, 0.15) is 0 Å². The molecule has 0 bridgehead atoms. The van der Waals surface area contributed by atoms with Crippen LogP contribution in [0.2, 0.25) is 0 Å². The number of aryl methyl sites for hydroxylation is 3. The fourth-order valence-corrected chi connectivity index (χ4v) is 7.72. The third kappa shape index (κ3) is 26.1. The third-order valence-corrected chi connectivity index (χ3v) is 11.1. The molecule has 0 spiro atoms. The molecule has 47 heavy (non-hydrogen) atoms. The highest BCUT2D eigenvalue weighted by Crippen LogP contribution is 2.24. The Morgan fingerprint density at radius 1 is 0.340 bits per heavy atom.